The Hall–Kier alpha value is -0.330. The first-order valence-electron chi connectivity index (χ1n) is 8.82. The molecule has 0 bridgehead atoms. The van der Waals surface area contributed by atoms with E-state index in [0.717, 1.165) is 23.7 Å². The van der Waals surface area contributed by atoms with Crippen molar-refractivity contribution in [3.05, 3.63) is 0 Å². The molecule has 0 aliphatic heterocycles. The fraction of sp³-hybridized carbons (Fsp3) is 0.944. The molecule has 3 saturated carbocycles. The fourth-order valence-corrected chi connectivity index (χ4v) is 5.27. The smallest absolute Gasteiger partial charge is 0.123 e. The number of rotatable bonds is 3. The van der Waals surface area contributed by atoms with Crippen LogP contribution in [0.15, 0.2) is 0 Å². The molecule has 3 rings (SSSR count). The van der Waals surface area contributed by atoms with Gasteiger partial charge in [0.15, 0.2) is 0 Å². The van der Waals surface area contributed by atoms with Crippen molar-refractivity contribution >= 4 is 6.29 Å². The largest absolute Gasteiger partial charge is 0.303 e. The lowest BCUT2D eigenvalue weighted by atomic mass is 9.67. The lowest BCUT2D eigenvalue weighted by molar-refractivity contribution is -0.112. The summed E-state index contributed by atoms with van der Waals surface area (Å²) in [7, 11) is 0. The van der Waals surface area contributed by atoms with Crippen LogP contribution in [-0.2, 0) is 4.79 Å². The predicted octanol–water partition coefficient (Wildman–Crippen LogP) is 4.99. The molecule has 0 N–H and O–H groups in total. The lowest BCUT2D eigenvalue weighted by Gasteiger charge is -2.38. The molecule has 0 amide bonds. The van der Waals surface area contributed by atoms with Gasteiger partial charge in [0.25, 0.3) is 0 Å². The summed E-state index contributed by atoms with van der Waals surface area (Å²) in [5.41, 5.74) is 0. The highest BCUT2D eigenvalue weighted by atomic mass is 16.1. The molecule has 0 aromatic rings. The van der Waals surface area contributed by atoms with E-state index in [1.807, 2.05) is 0 Å². The highest BCUT2D eigenvalue weighted by molar-refractivity contribution is 5.53. The Kier molecular flexibility index (Phi) is 4.61. The van der Waals surface area contributed by atoms with Crippen molar-refractivity contribution in [3.8, 4) is 0 Å². The maximum absolute atomic E-state index is 10.8. The molecular formula is C18H30O. The Bertz CT molecular complexity index is 276. The topological polar surface area (TPSA) is 17.1 Å². The average molecular weight is 262 g/mol. The van der Waals surface area contributed by atoms with Crippen LogP contribution in [0.2, 0.25) is 0 Å². The number of carbonyl (C=O) groups excluding carboxylic acids is 1. The zero-order valence-corrected chi connectivity index (χ0v) is 12.4. The van der Waals surface area contributed by atoms with Crippen molar-refractivity contribution in [1.82, 2.24) is 0 Å². The first-order chi connectivity index (χ1) is 9.36. The maximum Gasteiger partial charge on any atom is 0.123 e. The van der Waals surface area contributed by atoms with E-state index in [1.54, 1.807) is 0 Å². The molecule has 0 atom stereocenters. The molecule has 0 spiro atoms. The lowest BCUT2D eigenvalue weighted by Crippen LogP contribution is -2.27. The van der Waals surface area contributed by atoms with E-state index in [2.05, 4.69) is 0 Å². The number of carbonyl (C=O) groups is 1. The average Bonchev–Trinajstić information content (AvgIpc) is 3.02. The van der Waals surface area contributed by atoms with Crippen LogP contribution in [0.4, 0.5) is 0 Å². The molecule has 3 fully saturated rings. The van der Waals surface area contributed by atoms with E-state index in [4.69, 9.17) is 0 Å². The van der Waals surface area contributed by atoms with Crippen molar-refractivity contribution in [2.24, 2.45) is 29.6 Å². The van der Waals surface area contributed by atoms with E-state index in [9.17, 15) is 4.79 Å². The van der Waals surface area contributed by atoms with Gasteiger partial charge in [-0.15, -0.1) is 0 Å². The number of aldehydes is 1. The number of hydrogen-bond acceptors (Lipinski definition) is 1. The Morgan fingerprint density at radius 1 is 0.526 bits per heavy atom. The molecule has 0 saturated heterocycles. The van der Waals surface area contributed by atoms with Crippen molar-refractivity contribution in [2.45, 2.75) is 77.0 Å². The molecule has 0 heterocycles. The molecule has 0 radical (unpaired) electrons. The summed E-state index contributed by atoms with van der Waals surface area (Å²) < 4.78 is 0. The predicted molar refractivity (Wildman–Crippen MR) is 78.9 cm³/mol. The third kappa shape index (κ3) is 3.23. The fourth-order valence-electron chi connectivity index (χ4n) is 5.27. The van der Waals surface area contributed by atoms with E-state index in [-0.39, 0.29) is 0 Å². The van der Waals surface area contributed by atoms with Crippen LogP contribution in [-0.4, -0.2) is 6.29 Å². The zero-order chi connectivity index (χ0) is 13.1. The molecule has 1 heteroatoms. The van der Waals surface area contributed by atoms with Gasteiger partial charge in [-0.25, -0.2) is 0 Å². The molecule has 1 nitrogen and oxygen atoms in total. The van der Waals surface area contributed by atoms with E-state index >= 15 is 0 Å². The van der Waals surface area contributed by atoms with E-state index in [0.29, 0.717) is 5.92 Å². The van der Waals surface area contributed by atoms with Crippen molar-refractivity contribution in [2.75, 3.05) is 0 Å². The molecule has 0 aromatic heterocycles. The summed E-state index contributed by atoms with van der Waals surface area (Å²) in [6.45, 7) is 0. The monoisotopic (exact) mass is 262 g/mol. The summed E-state index contributed by atoms with van der Waals surface area (Å²) in [5, 5.41) is 0. The van der Waals surface area contributed by atoms with E-state index in [1.165, 1.54) is 83.3 Å². The molecule has 3 aliphatic carbocycles. The second-order valence-corrected chi connectivity index (χ2v) is 7.53. The molecule has 3 aliphatic rings. The second-order valence-electron chi connectivity index (χ2n) is 7.53. The van der Waals surface area contributed by atoms with Gasteiger partial charge in [-0.2, -0.15) is 0 Å². The zero-order valence-electron chi connectivity index (χ0n) is 12.4. The standard InChI is InChI=1S/C18H30O/c19-13-14-5-7-16(8-6-14)18-11-9-17(10-12-18)15-3-1-2-4-15/h13-18H,1-12H2. The van der Waals surface area contributed by atoms with Gasteiger partial charge in [-0.3, -0.25) is 0 Å². The van der Waals surface area contributed by atoms with Crippen LogP contribution >= 0.6 is 0 Å². The first kappa shape index (κ1) is 13.6. The Balaban J connectivity index is 1.43. The van der Waals surface area contributed by atoms with E-state index < -0.39 is 0 Å². The maximum atomic E-state index is 10.8. The molecule has 19 heavy (non-hydrogen) atoms. The third-order valence-corrected chi connectivity index (χ3v) is 6.56. The van der Waals surface area contributed by atoms with Gasteiger partial charge in [0.05, 0.1) is 0 Å². The van der Waals surface area contributed by atoms with Gasteiger partial charge in [0, 0.05) is 5.92 Å². The van der Waals surface area contributed by atoms with Gasteiger partial charge < -0.3 is 4.79 Å². The Labute approximate surface area is 118 Å². The second kappa shape index (κ2) is 6.41. The van der Waals surface area contributed by atoms with Gasteiger partial charge >= 0.3 is 0 Å². The van der Waals surface area contributed by atoms with Gasteiger partial charge in [-0.05, 0) is 75.0 Å². The summed E-state index contributed by atoms with van der Waals surface area (Å²) in [6.07, 6.45) is 18.3. The summed E-state index contributed by atoms with van der Waals surface area (Å²) in [6, 6.07) is 0. The van der Waals surface area contributed by atoms with Gasteiger partial charge in [-0.1, -0.05) is 25.7 Å². The van der Waals surface area contributed by atoms with Crippen LogP contribution in [0.3, 0.4) is 0 Å². The van der Waals surface area contributed by atoms with Gasteiger partial charge in [0.1, 0.15) is 6.29 Å². The van der Waals surface area contributed by atoms with Gasteiger partial charge in [0.2, 0.25) is 0 Å². The Morgan fingerprint density at radius 2 is 0.895 bits per heavy atom. The van der Waals surface area contributed by atoms with Crippen LogP contribution in [0.1, 0.15) is 77.0 Å². The minimum absolute atomic E-state index is 0.395. The van der Waals surface area contributed by atoms with Crippen molar-refractivity contribution in [1.29, 1.82) is 0 Å². The first-order valence-corrected chi connectivity index (χ1v) is 8.82. The van der Waals surface area contributed by atoms with Crippen molar-refractivity contribution in [3.63, 3.8) is 0 Å². The molecule has 0 aromatic carbocycles. The highest BCUT2D eigenvalue weighted by Crippen LogP contribution is 2.45. The summed E-state index contributed by atoms with van der Waals surface area (Å²) in [5.74, 6) is 4.52. The normalized spacial score (nSPS) is 41.3. The van der Waals surface area contributed by atoms with Crippen LogP contribution in [0.25, 0.3) is 0 Å². The minimum atomic E-state index is 0.395. The molecular weight excluding hydrogens is 232 g/mol. The van der Waals surface area contributed by atoms with Crippen LogP contribution < -0.4 is 0 Å². The molecule has 108 valence electrons. The van der Waals surface area contributed by atoms with Crippen LogP contribution in [0, 0.1) is 29.6 Å². The Morgan fingerprint density at radius 3 is 1.32 bits per heavy atom. The number of hydrogen-bond donors (Lipinski definition) is 0. The summed E-state index contributed by atoms with van der Waals surface area (Å²) >= 11 is 0. The quantitative estimate of drug-likeness (QED) is 0.655. The third-order valence-electron chi connectivity index (χ3n) is 6.56. The highest BCUT2D eigenvalue weighted by Gasteiger charge is 2.33. The van der Waals surface area contributed by atoms with Crippen molar-refractivity contribution < 1.29 is 4.79 Å². The van der Waals surface area contributed by atoms with Crippen LogP contribution in [0.5, 0.6) is 0 Å². The molecule has 0 unspecified atom stereocenters. The summed E-state index contributed by atoms with van der Waals surface area (Å²) in [4.78, 5) is 10.8. The minimum Gasteiger partial charge on any atom is -0.303 e. The SMILES string of the molecule is O=CC1CCC(C2CCC(C3CCCC3)CC2)CC1.